The summed E-state index contributed by atoms with van der Waals surface area (Å²) in [5.41, 5.74) is 1.04. The number of nitrogens with one attached hydrogen (secondary N) is 2. The number of hydrogen-bond acceptors (Lipinski definition) is 4. The second kappa shape index (κ2) is 8.52. The van der Waals surface area contributed by atoms with Crippen molar-refractivity contribution in [2.45, 2.75) is 25.8 Å². The van der Waals surface area contributed by atoms with Crippen molar-refractivity contribution in [3.63, 3.8) is 0 Å². The highest BCUT2D eigenvalue weighted by Crippen LogP contribution is 2.15. The van der Waals surface area contributed by atoms with E-state index in [-0.39, 0.29) is 30.1 Å². The third-order valence-electron chi connectivity index (χ3n) is 3.78. The SMILES string of the molecule is CCCS(=O)(=O)Nc1ccc(C(=O)N(C)C2CCNC2)cc1.Cl. The Labute approximate surface area is 144 Å². The number of benzene rings is 1. The van der Waals surface area contributed by atoms with Crippen LogP contribution in [0.3, 0.4) is 0 Å². The number of rotatable bonds is 6. The van der Waals surface area contributed by atoms with E-state index in [0.29, 0.717) is 17.7 Å². The fourth-order valence-corrected chi connectivity index (χ4v) is 3.65. The molecule has 1 unspecified atom stereocenters. The van der Waals surface area contributed by atoms with E-state index in [0.717, 1.165) is 19.5 Å². The van der Waals surface area contributed by atoms with Crippen LogP contribution in [-0.2, 0) is 10.0 Å². The fraction of sp³-hybridized carbons (Fsp3) is 0.533. The monoisotopic (exact) mass is 361 g/mol. The molecule has 8 heteroatoms. The molecule has 0 aliphatic carbocycles. The van der Waals surface area contributed by atoms with Crippen LogP contribution in [0, 0.1) is 0 Å². The molecule has 1 aromatic rings. The third kappa shape index (κ3) is 5.37. The van der Waals surface area contributed by atoms with E-state index in [1.165, 1.54) is 0 Å². The molecule has 0 radical (unpaired) electrons. The smallest absolute Gasteiger partial charge is 0.253 e. The van der Waals surface area contributed by atoms with E-state index in [1.54, 1.807) is 36.2 Å². The zero-order chi connectivity index (χ0) is 16.2. The van der Waals surface area contributed by atoms with Crippen LogP contribution in [-0.4, -0.2) is 51.2 Å². The average molecular weight is 362 g/mol. The molecule has 2 N–H and O–H groups in total. The zero-order valence-corrected chi connectivity index (χ0v) is 15.0. The largest absolute Gasteiger partial charge is 0.337 e. The van der Waals surface area contributed by atoms with Gasteiger partial charge in [-0.05, 0) is 43.7 Å². The molecule has 1 aromatic carbocycles. The van der Waals surface area contributed by atoms with Crippen molar-refractivity contribution in [3.8, 4) is 0 Å². The molecule has 6 nitrogen and oxygen atoms in total. The van der Waals surface area contributed by atoms with Gasteiger partial charge < -0.3 is 10.2 Å². The van der Waals surface area contributed by atoms with Crippen molar-refractivity contribution < 1.29 is 13.2 Å². The van der Waals surface area contributed by atoms with Gasteiger partial charge in [0, 0.05) is 30.9 Å². The van der Waals surface area contributed by atoms with Crippen molar-refractivity contribution in [3.05, 3.63) is 29.8 Å². The fourth-order valence-electron chi connectivity index (χ4n) is 2.52. The molecule has 2 rings (SSSR count). The predicted molar refractivity (Wildman–Crippen MR) is 94.8 cm³/mol. The minimum Gasteiger partial charge on any atom is -0.337 e. The Kier molecular flexibility index (Phi) is 7.31. The quantitative estimate of drug-likeness (QED) is 0.808. The van der Waals surface area contributed by atoms with Crippen LogP contribution in [0.15, 0.2) is 24.3 Å². The number of anilines is 1. The number of likely N-dealkylation sites (N-methyl/N-ethyl adjacent to an activating group) is 1. The van der Waals surface area contributed by atoms with Crippen molar-refractivity contribution in [2.75, 3.05) is 30.6 Å². The van der Waals surface area contributed by atoms with Gasteiger partial charge in [0.25, 0.3) is 5.91 Å². The summed E-state index contributed by atoms with van der Waals surface area (Å²) in [6.45, 7) is 3.56. The highest BCUT2D eigenvalue weighted by molar-refractivity contribution is 7.92. The summed E-state index contributed by atoms with van der Waals surface area (Å²) < 4.78 is 25.9. The van der Waals surface area contributed by atoms with Gasteiger partial charge in [0.05, 0.1) is 5.75 Å². The van der Waals surface area contributed by atoms with Gasteiger partial charge in [-0.3, -0.25) is 9.52 Å². The van der Waals surface area contributed by atoms with E-state index in [9.17, 15) is 13.2 Å². The molecule has 1 atom stereocenters. The van der Waals surface area contributed by atoms with Gasteiger partial charge in [0.15, 0.2) is 0 Å². The Balaban J connectivity index is 0.00000264. The number of sulfonamides is 1. The molecule has 1 fully saturated rings. The van der Waals surface area contributed by atoms with Gasteiger partial charge in [0.2, 0.25) is 10.0 Å². The van der Waals surface area contributed by atoms with Crippen LogP contribution in [0.4, 0.5) is 5.69 Å². The van der Waals surface area contributed by atoms with Gasteiger partial charge in [-0.1, -0.05) is 6.92 Å². The van der Waals surface area contributed by atoms with Gasteiger partial charge in [0.1, 0.15) is 0 Å². The van der Waals surface area contributed by atoms with Gasteiger partial charge >= 0.3 is 0 Å². The molecule has 23 heavy (non-hydrogen) atoms. The lowest BCUT2D eigenvalue weighted by atomic mass is 10.1. The molecule has 0 saturated carbocycles. The van der Waals surface area contributed by atoms with Crippen LogP contribution in [0.2, 0.25) is 0 Å². The summed E-state index contributed by atoms with van der Waals surface area (Å²) in [5.74, 6) is 0.0436. The lowest BCUT2D eigenvalue weighted by Gasteiger charge is -2.23. The maximum absolute atomic E-state index is 12.4. The maximum atomic E-state index is 12.4. The van der Waals surface area contributed by atoms with Crippen molar-refractivity contribution in [2.24, 2.45) is 0 Å². The second-order valence-corrected chi connectivity index (χ2v) is 7.40. The van der Waals surface area contributed by atoms with E-state index in [4.69, 9.17) is 0 Å². The van der Waals surface area contributed by atoms with Crippen LogP contribution < -0.4 is 10.0 Å². The molecule has 0 bridgehead atoms. The minimum absolute atomic E-state index is 0. The van der Waals surface area contributed by atoms with Crippen LogP contribution in [0.25, 0.3) is 0 Å². The van der Waals surface area contributed by atoms with Crippen molar-refractivity contribution >= 4 is 34.0 Å². The molecule has 1 aliphatic rings. The van der Waals surface area contributed by atoms with Crippen LogP contribution in [0.1, 0.15) is 30.1 Å². The lowest BCUT2D eigenvalue weighted by molar-refractivity contribution is 0.0744. The second-order valence-electron chi connectivity index (χ2n) is 5.56. The molecule has 0 spiro atoms. The predicted octanol–water partition coefficient (Wildman–Crippen LogP) is 1.69. The van der Waals surface area contributed by atoms with Crippen molar-refractivity contribution in [1.29, 1.82) is 0 Å². The number of carbonyl (C=O) groups excluding carboxylic acids is 1. The summed E-state index contributed by atoms with van der Waals surface area (Å²) in [5, 5.41) is 3.24. The molecule has 1 saturated heterocycles. The van der Waals surface area contributed by atoms with Gasteiger partial charge in [-0.15, -0.1) is 12.4 Å². The number of halogens is 1. The topological polar surface area (TPSA) is 78.5 Å². The highest BCUT2D eigenvalue weighted by atomic mass is 35.5. The number of nitrogens with zero attached hydrogens (tertiary/aromatic N) is 1. The summed E-state index contributed by atoms with van der Waals surface area (Å²) in [6.07, 6.45) is 1.52. The first-order valence-corrected chi connectivity index (χ1v) is 9.16. The molecular formula is C15H24ClN3O3S. The first kappa shape index (κ1) is 19.7. The normalized spacial score (nSPS) is 17.4. The Morgan fingerprint density at radius 2 is 2.00 bits per heavy atom. The number of hydrogen-bond donors (Lipinski definition) is 2. The van der Waals surface area contributed by atoms with Gasteiger partial charge in [-0.2, -0.15) is 0 Å². The lowest BCUT2D eigenvalue weighted by Crippen LogP contribution is -2.38. The Morgan fingerprint density at radius 1 is 1.35 bits per heavy atom. The molecule has 1 amide bonds. The third-order valence-corrected chi connectivity index (χ3v) is 5.27. The average Bonchev–Trinajstić information content (AvgIpc) is 3.00. The number of carbonyl (C=O) groups is 1. The number of amides is 1. The summed E-state index contributed by atoms with van der Waals surface area (Å²) >= 11 is 0. The van der Waals surface area contributed by atoms with E-state index < -0.39 is 10.0 Å². The standard InChI is InChI=1S/C15H23N3O3S.ClH/c1-3-10-22(20,21)17-13-6-4-12(5-7-13)15(19)18(2)14-8-9-16-11-14;/h4-7,14,16-17H,3,8-11H2,1-2H3;1H. The Morgan fingerprint density at radius 3 is 2.52 bits per heavy atom. The van der Waals surface area contributed by atoms with Crippen LogP contribution in [0.5, 0.6) is 0 Å². The van der Waals surface area contributed by atoms with Crippen molar-refractivity contribution in [1.82, 2.24) is 10.2 Å². The van der Waals surface area contributed by atoms with Gasteiger partial charge in [-0.25, -0.2) is 8.42 Å². The zero-order valence-electron chi connectivity index (χ0n) is 13.4. The summed E-state index contributed by atoms with van der Waals surface area (Å²) in [6, 6.07) is 6.79. The minimum atomic E-state index is -3.30. The van der Waals surface area contributed by atoms with Crippen LogP contribution >= 0.6 is 12.4 Å². The molecule has 1 aliphatic heterocycles. The molecule has 0 aromatic heterocycles. The Bertz CT molecular complexity index is 613. The summed E-state index contributed by atoms with van der Waals surface area (Å²) in [7, 11) is -1.50. The maximum Gasteiger partial charge on any atom is 0.253 e. The molecule has 130 valence electrons. The van der Waals surface area contributed by atoms with E-state index in [1.807, 2.05) is 6.92 Å². The molecular weight excluding hydrogens is 338 g/mol. The first-order valence-electron chi connectivity index (χ1n) is 7.51. The summed E-state index contributed by atoms with van der Waals surface area (Å²) in [4.78, 5) is 14.1. The van der Waals surface area contributed by atoms with E-state index >= 15 is 0 Å². The highest BCUT2D eigenvalue weighted by Gasteiger charge is 2.23. The Hall–Kier alpha value is -1.31. The molecule has 1 heterocycles. The first-order chi connectivity index (χ1) is 10.4. The van der Waals surface area contributed by atoms with E-state index in [2.05, 4.69) is 10.0 Å².